The minimum atomic E-state index is 0.636. The summed E-state index contributed by atoms with van der Waals surface area (Å²) in [5, 5.41) is 0. The maximum absolute atomic E-state index is 5.55. The Morgan fingerprint density at radius 1 is 1.12 bits per heavy atom. The summed E-state index contributed by atoms with van der Waals surface area (Å²) in [5.41, 5.74) is 0. The van der Waals surface area contributed by atoms with Gasteiger partial charge in [-0.2, -0.15) is 0 Å². The number of hydrogen-bond donors (Lipinski definition) is 0. The van der Waals surface area contributed by atoms with Crippen LogP contribution < -0.4 is 4.74 Å². The average molecular weight is 234 g/mol. The highest BCUT2D eigenvalue weighted by atomic mass is 16.5. The summed E-state index contributed by atoms with van der Waals surface area (Å²) in [6.07, 6.45) is 12.6. The topological polar surface area (TPSA) is 35.0 Å². The van der Waals surface area contributed by atoms with Crippen LogP contribution in [0.3, 0.4) is 0 Å². The zero-order chi connectivity index (χ0) is 12.3. The molecular weight excluding hydrogens is 212 g/mol. The van der Waals surface area contributed by atoms with Crippen LogP contribution in [-0.2, 0) is 0 Å². The van der Waals surface area contributed by atoms with Gasteiger partial charge in [-0.25, -0.2) is 9.97 Å². The molecule has 0 unspecified atom stereocenters. The van der Waals surface area contributed by atoms with E-state index < -0.39 is 0 Å². The Morgan fingerprint density at radius 2 is 1.76 bits per heavy atom. The van der Waals surface area contributed by atoms with Crippen molar-refractivity contribution in [3.8, 4) is 5.75 Å². The van der Waals surface area contributed by atoms with Crippen LogP contribution in [0.1, 0.15) is 51.3 Å². The van der Waals surface area contributed by atoms with Crippen LogP contribution in [0.4, 0.5) is 0 Å². The van der Waals surface area contributed by atoms with E-state index in [0.717, 1.165) is 18.8 Å². The summed E-state index contributed by atoms with van der Waals surface area (Å²) in [7, 11) is 0. The molecular formula is C14H22N2O. The molecule has 0 aliphatic carbocycles. The van der Waals surface area contributed by atoms with E-state index in [0.29, 0.717) is 5.82 Å². The molecule has 0 saturated heterocycles. The molecule has 0 fully saturated rings. The van der Waals surface area contributed by atoms with Crippen LogP contribution in [-0.4, -0.2) is 16.6 Å². The van der Waals surface area contributed by atoms with Crippen LogP contribution in [0.25, 0.3) is 6.08 Å². The van der Waals surface area contributed by atoms with Crippen molar-refractivity contribution < 1.29 is 4.74 Å². The largest absolute Gasteiger partial charge is 0.490 e. The molecule has 3 nitrogen and oxygen atoms in total. The van der Waals surface area contributed by atoms with E-state index in [-0.39, 0.29) is 0 Å². The minimum Gasteiger partial charge on any atom is -0.490 e. The van der Waals surface area contributed by atoms with Gasteiger partial charge in [0.05, 0.1) is 19.0 Å². The first-order chi connectivity index (χ1) is 8.36. The second-order valence-electron chi connectivity index (χ2n) is 4.10. The molecule has 0 N–H and O–H groups in total. The molecule has 1 aromatic rings. The molecule has 0 radical (unpaired) electrons. The molecule has 3 heteroatoms. The van der Waals surface area contributed by atoms with Gasteiger partial charge in [0.15, 0.2) is 11.6 Å². The SMILES string of the molecule is C=Cc1ncc(OCCCCCCCC)cn1. The van der Waals surface area contributed by atoms with Crippen LogP contribution in [0.15, 0.2) is 19.0 Å². The smallest absolute Gasteiger partial charge is 0.155 e. The van der Waals surface area contributed by atoms with Gasteiger partial charge < -0.3 is 4.74 Å². The third-order valence-electron chi connectivity index (χ3n) is 2.60. The quantitative estimate of drug-likeness (QED) is 0.608. The summed E-state index contributed by atoms with van der Waals surface area (Å²) in [5.74, 6) is 1.38. The van der Waals surface area contributed by atoms with Crippen molar-refractivity contribution in [2.75, 3.05) is 6.61 Å². The normalized spacial score (nSPS) is 10.2. The summed E-state index contributed by atoms with van der Waals surface area (Å²) in [4.78, 5) is 8.16. The van der Waals surface area contributed by atoms with Gasteiger partial charge in [-0.15, -0.1) is 0 Å². The first kappa shape index (κ1) is 13.7. The van der Waals surface area contributed by atoms with Crippen LogP contribution in [0.2, 0.25) is 0 Å². The molecule has 94 valence electrons. The molecule has 1 rings (SSSR count). The lowest BCUT2D eigenvalue weighted by molar-refractivity contribution is 0.302. The van der Waals surface area contributed by atoms with Gasteiger partial charge in [0.25, 0.3) is 0 Å². The van der Waals surface area contributed by atoms with Crippen LogP contribution in [0, 0.1) is 0 Å². The number of aromatic nitrogens is 2. The van der Waals surface area contributed by atoms with E-state index in [4.69, 9.17) is 4.74 Å². The van der Waals surface area contributed by atoms with Gasteiger partial charge in [-0.05, 0) is 12.5 Å². The predicted molar refractivity (Wildman–Crippen MR) is 71.0 cm³/mol. The lowest BCUT2D eigenvalue weighted by Gasteiger charge is -2.05. The van der Waals surface area contributed by atoms with Crippen LogP contribution >= 0.6 is 0 Å². The zero-order valence-electron chi connectivity index (χ0n) is 10.7. The highest BCUT2D eigenvalue weighted by molar-refractivity contribution is 5.35. The average Bonchev–Trinajstić information content (AvgIpc) is 2.38. The van der Waals surface area contributed by atoms with E-state index in [1.165, 1.54) is 32.1 Å². The summed E-state index contributed by atoms with van der Waals surface area (Å²) < 4.78 is 5.55. The lowest BCUT2D eigenvalue weighted by atomic mass is 10.1. The minimum absolute atomic E-state index is 0.636. The third kappa shape index (κ3) is 6.05. The van der Waals surface area contributed by atoms with E-state index in [9.17, 15) is 0 Å². The number of unbranched alkanes of at least 4 members (excludes halogenated alkanes) is 5. The highest BCUT2D eigenvalue weighted by Crippen LogP contribution is 2.09. The predicted octanol–water partition coefficient (Wildman–Crippen LogP) is 3.86. The highest BCUT2D eigenvalue weighted by Gasteiger charge is 1.96. The molecule has 0 bridgehead atoms. The molecule has 0 aliphatic heterocycles. The Labute approximate surface area is 104 Å². The van der Waals surface area contributed by atoms with E-state index in [2.05, 4.69) is 23.5 Å². The van der Waals surface area contributed by atoms with E-state index in [1.807, 2.05) is 0 Å². The Hall–Kier alpha value is -1.38. The maximum atomic E-state index is 5.55. The van der Waals surface area contributed by atoms with Crippen LogP contribution in [0.5, 0.6) is 5.75 Å². The molecule has 0 atom stereocenters. The molecule has 0 amide bonds. The molecule has 0 aromatic carbocycles. The van der Waals surface area contributed by atoms with Crippen molar-refractivity contribution in [2.45, 2.75) is 45.4 Å². The van der Waals surface area contributed by atoms with Gasteiger partial charge in [0, 0.05) is 0 Å². The molecule has 0 aliphatic rings. The van der Waals surface area contributed by atoms with Gasteiger partial charge in [0.1, 0.15) is 0 Å². The fraction of sp³-hybridized carbons (Fsp3) is 0.571. The van der Waals surface area contributed by atoms with Gasteiger partial charge in [0.2, 0.25) is 0 Å². The maximum Gasteiger partial charge on any atom is 0.155 e. The third-order valence-corrected chi connectivity index (χ3v) is 2.60. The van der Waals surface area contributed by atoms with Crippen molar-refractivity contribution in [1.29, 1.82) is 0 Å². The Morgan fingerprint density at radius 3 is 2.41 bits per heavy atom. The van der Waals surface area contributed by atoms with Crippen molar-refractivity contribution in [3.05, 3.63) is 24.8 Å². The second kappa shape index (κ2) is 8.74. The fourth-order valence-electron chi connectivity index (χ4n) is 1.58. The summed E-state index contributed by atoms with van der Waals surface area (Å²) in [6, 6.07) is 0. The number of nitrogens with zero attached hydrogens (tertiary/aromatic N) is 2. The second-order valence-corrected chi connectivity index (χ2v) is 4.10. The number of hydrogen-bond acceptors (Lipinski definition) is 3. The molecule has 1 aromatic heterocycles. The molecule has 17 heavy (non-hydrogen) atoms. The summed E-state index contributed by atoms with van der Waals surface area (Å²) >= 11 is 0. The van der Waals surface area contributed by atoms with Gasteiger partial charge in [-0.3, -0.25) is 0 Å². The molecule has 1 heterocycles. The molecule has 0 spiro atoms. The number of ether oxygens (including phenoxy) is 1. The van der Waals surface area contributed by atoms with Crippen molar-refractivity contribution in [2.24, 2.45) is 0 Å². The molecule has 0 saturated carbocycles. The van der Waals surface area contributed by atoms with Crippen molar-refractivity contribution in [1.82, 2.24) is 9.97 Å². The lowest BCUT2D eigenvalue weighted by Crippen LogP contribution is -1.99. The monoisotopic (exact) mass is 234 g/mol. The van der Waals surface area contributed by atoms with Gasteiger partial charge in [-0.1, -0.05) is 45.6 Å². The fourth-order valence-corrected chi connectivity index (χ4v) is 1.58. The van der Waals surface area contributed by atoms with Crippen molar-refractivity contribution in [3.63, 3.8) is 0 Å². The Kier molecular flexibility index (Phi) is 7.03. The Balaban J connectivity index is 2.07. The summed E-state index contributed by atoms with van der Waals surface area (Å²) in [6.45, 7) is 6.59. The van der Waals surface area contributed by atoms with E-state index in [1.54, 1.807) is 18.5 Å². The standard InChI is InChI=1S/C14H22N2O/c1-3-5-6-7-8-9-10-17-13-11-15-14(4-2)16-12-13/h4,11-12H,2-3,5-10H2,1H3. The first-order valence-corrected chi connectivity index (χ1v) is 6.44. The van der Waals surface area contributed by atoms with Crippen molar-refractivity contribution >= 4 is 6.08 Å². The van der Waals surface area contributed by atoms with E-state index >= 15 is 0 Å². The zero-order valence-corrected chi connectivity index (χ0v) is 10.7. The first-order valence-electron chi connectivity index (χ1n) is 6.44. The number of rotatable bonds is 9. The Bertz CT molecular complexity index is 309. The van der Waals surface area contributed by atoms with Gasteiger partial charge >= 0.3 is 0 Å².